The van der Waals surface area contributed by atoms with Gasteiger partial charge in [-0.3, -0.25) is 14.4 Å². The second kappa shape index (κ2) is 17.8. The molecule has 32 heavy (non-hydrogen) atoms. The maximum absolute atomic E-state index is 12.3. The van der Waals surface area contributed by atoms with E-state index >= 15 is 0 Å². The fraction of sp³-hybridized carbons (Fsp3) is 0.870. The molecule has 0 aromatic carbocycles. The number of hydrogen-bond donors (Lipinski definition) is 3. The van der Waals surface area contributed by atoms with Gasteiger partial charge in [0.15, 0.2) is 0 Å². The first-order chi connectivity index (χ1) is 15.2. The Morgan fingerprint density at radius 3 is 1.75 bits per heavy atom. The van der Waals surface area contributed by atoms with Crippen molar-refractivity contribution in [1.82, 2.24) is 0 Å². The van der Waals surface area contributed by atoms with Gasteiger partial charge in [0.25, 0.3) is 0 Å². The predicted octanol–water partition coefficient (Wildman–Crippen LogP) is 4.18. The molecule has 0 spiro atoms. The summed E-state index contributed by atoms with van der Waals surface area (Å²) in [5, 5.41) is 28.6. The summed E-state index contributed by atoms with van der Waals surface area (Å²) >= 11 is 0. The Balaban J connectivity index is 5.81. The van der Waals surface area contributed by atoms with Gasteiger partial charge in [-0.1, -0.05) is 40.0 Å². The summed E-state index contributed by atoms with van der Waals surface area (Å²) in [6.45, 7) is 6.82. The molecule has 0 aromatic rings. The van der Waals surface area contributed by atoms with Crippen molar-refractivity contribution in [3.05, 3.63) is 0 Å². The van der Waals surface area contributed by atoms with Crippen LogP contribution in [0.3, 0.4) is 0 Å². The summed E-state index contributed by atoms with van der Waals surface area (Å²) in [5.41, 5.74) is 0. The minimum absolute atomic E-state index is 0.0576. The molecule has 2 unspecified atom stereocenters. The highest BCUT2D eigenvalue weighted by Gasteiger charge is 2.48. The van der Waals surface area contributed by atoms with Crippen molar-refractivity contribution in [2.24, 2.45) is 11.8 Å². The topological polar surface area (TPSA) is 140 Å². The smallest absolute Gasteiger partial charge is 0.312 e. The van der Waals surface area contributed by atoms with Gasteiger partial charge in [0.05, 0.1) is 19.1 Å². The monoisotopic (exact) mass is 462 g/mol. The van der Waals surface area contributed by atoms with E-state index in [-0.39, 0.29) is 45.5 Å². The van der Waals surface area contributed by atoms with Gasteiger partial charge in [0, 0.05) is 13.0 Å². The van der Waals surface area contributed by atoms with E-state index in [1.165, 1.54) is 0 Å². The fourth-order valence-electron chi connectivity index (χ4n) is 3.26. The van der Waals surface area contributed by atoms with Crippen LogP contribution in [-0.4, -0.2) is 65.4 Å². The van der Waals surface area contributed by atoms with Gasteiger partial charge >= 0.3 is 17.9 Å². The second-order valence-electron chi connectivity index (χ2n) is 8.07. The van der Waals surface area contributed by atoms with Crippen LogP contribution < -0.4 is 0 Å². The van der Waals surface area contributed by atoms with Crippen LogP contribution in [0, 0.1) is 11.8 Å². The maximum atomic E-state index is 12.3. The number of aliphatic carboxylic acids is 3. The fourth-order valence-corrected chi connectivity index (χ4v) is 3.26. The maximum Gasteiger partial charge on any atom is 0.312 e. The molecule has 2 atom stereocenters. The Labute approximate surface area is 191 Å². The number of carboxylic acids is 3. The Hall–Kier alpha value is -1.71. The molecule has 0 fully saturated rings. The number of carboxylic acid groups (broad SMARTS) is 3. The third kappa shape index (κ3) is 12.4. The largest absolute Gasteiger partial charge is 0.481 e. The first-order valence-corrected chi connectivity index (χ1v) is 11.8. The average Bonchev–Trinajstić information content (AvgIpc) is 2.73. The van der Waals surface area contributed by atoms with Gasteiger partial charge in [-0.05, 0) is 38.5 Å². The minimum atomic E-state index is -1.61. The molecule has 0 saturated heterocycles. The van der Waals surface area contributed by atoms with Crippen molar-refractivity contribution >= 4 is 17.9 Å². The third-order valence-corrected chi connectivity index (χ3v) is 5.28. The normalized spacial score (nSPS) is 13.6. The zero-order valence-corrected chi connectivity index (χ0v) is 19.8. The lowest BCUT2D eigenvalue weighted by Gasteiger charge is -2.39. The number of rotatable bonds is 22. The molecule has 0 aliphatic heterocycles. The standard InChI is InChI=1S/C23H42O9/c1-4-7-13-30-17-23(31-14-8-5-2,32-15-9-6-3)19(22(28)29)16-18(21(26)27)11-10-12-20(24)25/h18-19H,4-17H2,1-3H3,(H,24,25)(H,26,27)(H,28,29). The van der Waals surface area contributed by atoms with Crippen molar-refractivity contribution in [1.29, 1.82) is 0 Å². The van der Waals surface area contributed by atoms with E-state index < -0.39 is 35.5 Å². The van der Waals surface area contributed by atoms with Crippen molar-refractivity contribution in [2.45, 2.75) is 90.8 Å². The molecule has 0 aliphatic carbocycles. The molecule has 0 heterocycles. The molecule has 0 aliphatic rings. The molecule has 0 aromatic heterocycles. The highest BCUT2D eigenvalue weighted by molar-refractivity contribution is 5.74. The quantitative estimate of drug-likeness (QED) is 0.160. The van der Waals surface area contributed by atoms with Crippen LogP contribution in [0.5, 0.6) is 0 Å². The van der Waals surface area contributed by atoms with Crippen LogP contribution in [0.2, 0.25) is 0 Å². The van der Waals surface area contributed by atoms with Crippen LogP contribution in [0.15, 0.2) is 0 Å². The lowest BCUT2D eigenvalue weighted by molar-refractivity contribution is -0.290. The number of hydrogen-bond acceptors (Lipinski definition) is 6. The Bertz CT molecular complexity index is 526. The Morgan fingerprint density at radius 1 is 0.781 bits per heavy atom. The van der Waals surface area contributed by atoms with E-state index in [9.17, 15) is 24.6 Å². The minimum Gasteiger partial charge on any atom is -0.481 e. The predicted molar refractivity (Wildman–Crippen MR) is 119 cm³/mol. The summed E-state index contributed by atoms with van der Waals surface area (Å²) in [7, 11) is 0. The average molecular weight is 463 g/mol. The van der Waals surface area contributed by atoms with Gasteiger partial charge in [0.1, 0.15) is 12.5 Å². The SMILES string of the molecule is CCCCOCC(OCCCC)(OCCCC)C(CC(CCCC(=O)O)C(=O)O)C(=O)O. The molecule has 0 amide bonds. The lowest BCUT2D eigenvalue weighted by atomic mass is 9.85. The van der Waals surface area contributed by atoms with Crippen molar-refractivity contribution in [2.75, 3.05) is 26.4 Å². The first-order valence-electron chi connectivity index (χ1n) is 11.8. The molecule has 9 heteroatoms. The van der Waals surface area contributed by atoms with Crippen LogP contribution in [0.1, 0.15) is 85.0 Å². The van der Waals surface area contributed by atoms with Gasteiger partial charge in [-0.15, -0.1) is 0 Å². The van der Waals surface area contributed by atoms with Gasteiger partial charge < -0.3 is 29.5 Å². The van der Waals surface area contributed by atoms with Crippen LogP contribution >= 0.6 is 0 Å². The van der Waals surface area contributed by atoms with E-state index in [4.69, 9.17) is 19.3 Å². The zero-order valence-electron chi connectivity index (χ0n) is 19.8. The molecule has 188 valence electrons. The van der Waals surface area contributed by atoms with Gasteiger partial charge in [-0.2, -0.15) is 0 Å². The van der Waals surface area contributed by atoms with Crippen molar-refractivity contribution < 1.29 is 43.9 Å². The highest BCUT2D eigenvalue weighted by atomic mass is 16.7. The molecule has 0 radical (unpaired) electrons. The van der Waals surface area contributed by atoms with E-state index in [1.54, 1.807) is 0 Å². The zero-order chi connectivity index (χ0) is 24.4. The first kappa shape index (κ1) is 30.3. The number of carbonyl (C=O) groups is 3. The third-order valence-electron chi connectivity index (χ3n) is 5.28. The van der Waals surface area contributed by atoms with E-state index in [1.807, 2.05) is 20.8 Å². The summed E-state index contributed by atoms with van der Waals surface area (Å²) in [6, 6.07) is 0. The summed E-state index contributed by atoms with van der Waals surface area (Å²) < 4.78 is 17.8. The summed E-state index contributed by atoms with van der Waals surface area (Å²) in [5.74, 6) is -7.32. The van der Waals surface area contributed by atoms with Crippen molar-refractivity contribution in [3.8, 4) is 0 Å². The Kier molecular flexibility index (Phi) is 16.8. The van der Waals surface area contributed by atoms with Crippen molar-refractivity contribution in [3.63, 3.8) is 0 Å². The van der Waals surface area contributed by atoms with Crippen LogP contribution in [-0.2, 0) is 28.6 Å². The molecule has 0 bridgehead atoms. The lowest BCUT2D eigenvalue weighted by Crippen LogP contribution is -2.52. The van der Waals surface area contributed by atoms with Gasteiger partial charge in [-0.25, -0.2) is 0 Å². The Morgan fingerprint density at radius 2 is 1.31 bits per heavy atom. The summed E-state index contributed by atoms with van der Waals surface area (Å²) in [4.78, 5) is 35.0. The number of unbranched alkanes of at least 4 members (excludes halogenated alkanes) is 3. The van der Waals surface area contributed by atoms with Crippen LogP contribution in [0.4, 0.5) is 0 Å². The summed E-state index contributed by atoms with van der Waals surface area (Å²) in [6.07, 6.45) is 4.57. The van der Waals surface area contributed by atoms with Crippen LogP contribution in [0.25, 0.3) is 0 Å². The molecular weight excluding hydrogens is 420 g/mol. The molecule has 3 N–H and O–H groups in total. The number of ether oxygens (including phenoxy) is 3. The van der Waals surface area contributed by atoms with E-state index in [0.717, 1.165) is 25.7 Å². The molecule has 9 nitrogen and oxygen atoms in total. The highest BCUT2D eigenvalue weighted by Crippen LogP contribution is 2.33. The molecule has 0 rings (SSSR count). The molecule has 0 saturated carbocycles. The molecular formula is C23H42O9. The van der Waals surface area contributed by atoms with E-state index in [2.05, 4.69) is 0 Å². The second-order valence-corrected chi connectivity index (χ2v) is 8.07. The van der Waals surface area contributed by atoms with E-state index in [0.29, 0.717) is 19.4 Å². The van der Waals surface area contributed by atoms with Gasteiger partial charge in [0.2, 0.25) is 5.79 Å².